The smallest absolute Gasteiger partial charge is 0.241 e. The van der Waals surface area contributed by atoms with Crippen LogP contribution in [0.4, 0.5) is 0 Å². The number of fused-ring (bicyclic) bond motifs is 1. The summed E-state index contributed by atoms with van der Waals surface area (Å²) in [5, 5.41) is 11.7. The highest BCUT2D eigenvalue weighted by molar-refractivity contribution is 7.89. The summed E-state index contributed by atoms with van der Waals surface area (Å²) in [4.78, 5) is 0.236. The van der Waals surface area contributed by atoms with E-state index in [2.05, 4.69) is 4.72 Å². The Morgan fingerprint density at radius 1 is 1.14 bits per heavy atom. The average molecular weight is 307 g/mol. The largest absolute Gasteiger partial charge is 0.389 e. The molecule has 4 nitrogen and oxygen atoms in total. The van der Waals surface area contributed by atoms with Crippen molar-refractivity contribution in [3.8, 4) is 0 Å². The minimum absolute atomic E-state index is 0.0176. The summed E-state index contributed by atoms with van der Waals surface area (Å²) in [7, 11) is -3.66. The quantitative estimate of drug-likeness (QED) is 0.892. The summed E-state index contributed by atoms with van der Waals surface area (Å²) >= 11 is 0. The number of nitrogens with one attached hydrogen (secondary N) is 1. The first-order valence-corrected chi connectivity index (χ1v) is 8.42. The molecule has 1 atom stereocenters. The zero-order valence-electron chi connectivity index (χ0n) is 12.5. The van der Waals surface area contributed by atoms with Crippen LogP contribution in [0.15, 0.2) is 47.4 Å². The third-order valence-corrected chi connectivity index (χ3v) is 5.36. The van der Waals surface area contributed by atoms with Gasteiger partial charge >= 0.3 is 0 Å². The van der Waals surface area contributed by atoms with E-state index >= 15 is 0 Å². The van der Waals surface area contributed by atoms with E-state index in [0.29, 0.717) is 5.39 Å². The minimum Gasteiger partial charge on any atom is -0.389 e. The van der Waals surface area contributed by atoms with Crippen LogP contribution in [0.3, 0.4) is 0 Å². The Morgan fingerprint density at radius 3 is 2.43 bits per heavy atom. The SMILES string of the molecule is CC(C)C(C)(O)CNS(=O)(=O)c1cccc2ccccc12. The van der Waals surface area contributed by atoms with Gasteiger partial charge in [0.05, 0.1) is 10.5 Å². The average Bonchev–Trinajstić information content (AvgIpc) is 2.44. The maximum Gasteiger partial charge on any atom is 0.241 e. The summed E-state index contributed by atoms with van der Waals surface area (Å²) in [6.45, 7) is 5.32. The topological polar surface area (TPSA) is 66.4 Å². The van der Waals surface area contributed by atoms with Crippen LogP contribution in [0.2, 0.25) is 0 Å². The van der Waals surface area contributed by atoms with Gasteiger partial charge in [-0.15, -0.1) is 0 Å². The molecule has 5 heteroatoms. The van der Waals surface area contributed by atoms with Gasteiger partial charge in [0.25, 0.3) is 0 Å². The molecule has 21 heavy (non-hydrogen) atoms. The van der Waals surface area contributed by atoms with Crippen LogP contribution in [0.5, 0.6) is 0 Å². The summed E-state index contributed by atoms with van der Waals surface area (Å²) in [6.07, 6.45) is 0. The molecule has 2 rings (SSSR count). The number of sulfonamides is 1. The zero-order chi connectivity index (χ0) is 15.7. The fraction of sp³-hybridized carbons (Fsp3) is 0.375. The van der Waals surface area contributed by atoms with E-state index in [1.54, 1.807) is 25.1 Å². The second kappa shape index (κ2) is 5.75. The normalized spacial score (nSPS) is 15.3. The number of hydrogen-bond donors (Lipinski definition) is 2. The van der Waals surface area contributed by atoms with Gasteiger partial charge in [-0.3, -0.25) is 0 Å². The maximum atomic E-state index is 12.5. The molecule has 0 radical (unpaired) electrons. The Balaban J connectivity index is 2.35. The fourth-order valence-electron chi connectivity index (χ4n) is 1.95. The predicted molar refractivity (Wildman–Crippen MR) is 84.6 cm³/mol. The fourth-order valence-corrected chi connectivity index (χ4v) is 3.32. The van der Waals surface area contributed by atoms with Gasteiger partial charge in [0, 0.05) is 11.9 Å². The maximum absolute atomic E-state index is 12.5. The van der Waals surface area contributed by atoms with Crippen LogP contribution in [-0.4, -0.2) is 25.7 Å². The van der Waals surface area contributed by atoms with Gasteiger partial charge in [-0.2, -0.15) is 0 Å². The van der Waals surface area contributed by atoms with Crippen LogP contribution in [0.25, 0.3) is 10.8 Å². The van der Waals surface area contributed by atoms with Gasteiger partial charge in [-0.25, -0.2) is 13.1 Å². The Morgan fingerprint density at radius 2 is 1.76 bits per heavy atom. The van der Waals surface area contributed by atoms with Crippen molar-refractivity contribution in [2.75, 3.05) is 6.54 Å². The molecule has 0 aromatic heterocycles. The number of hydrogen-bond acceptors (Lipinski definition) is 3. The molecule has 0 saturated heterocycles. The lowest BCUT2D eigenvalue weighted by molar-refractivity contribution is 0.0190. The van der Waals surface area contributed by atoms with Gasteiger partial charge in [0.15, 0.2) is 0 Å². The zero-order valence-corrected chi connectivity index (χ0v) is 13.3. The molecule has 0 amide bonds. The molecule has 0 heterocycles. The molecule has 2 aromatic rings. The standard InChI is InChI=1S/C16H21NO3S/c1-12(2)16(3,18)11-17-21(19,20)15-10-6-8-13-7-4-5-9-14(13)15/h4-10,12,17-18H,11H2,1-3H3. The molecule has 0 aliphatic heterocycles. The van der Waals surface area contributed by atoms with E-state index in [-0.39, 0.29) is 17.4 Å². The molecular formula is C16H21NO3S. The monoisotopic (exact) mass is 307 g/mol. The highest BCUT2D eigenvalue weighted by Gasteiger charge is 2.28. The lowest BCUT2D eigenvalue weighted by Gasteiger charge is -2.27. The lowest BCUT2D eigenvalue weighted by Crippen LogP contribution is -2.44. The van der Waals surface area contributed by atoms with Crippen molar-refractivity contribution in [2.45, 2.75) is 31.3 Å². The van der Waals surface area contributed by atoms with Gasteiger partial charge < -0.3 is 5.11 Å². The van der Waals surface area contributed by atoms with Crippen LogP contribution >= 0.6 is 0 Å². The van der Waals surface area contributed by atoms with Gasteiger partial charge in [-0.1, -0.05) is 50.2 Å². The van der Waals surface area contributed by atoms with Gasteiger partial charge in [0.1, 0.15) is 0 Å². The molecular weight excluding hydrogens is 286 g/mol. The second-order valence-corrected chi connectivity index (χ2v) is 7.55. The van der Waals surface area contributed by atoms with E-state index in [1.165, 1.54) is 0 Å². The Bertz CT molecular complexity index is 731. The van der Waals surface area contributed by atoms with E-state index < -0.39 is 15.6 Å². The van der Waals surface area contributed by atoms with E-state index in [0.717, 1.165) is 5.39 Å². The molecule has 0 aliphatic carbocycles. The van der Waals surface area contributed by atoms with E-state index in [9.17, 15) is 13.5 Å². The summed E-state index contributed by atoms with van der Waals surface area (Å²) in [5.74, 6) is -0.0484. The third-order valence-electron chi connectivity index (χ3n) is 3.90. The van der Waals surface area contributed by atoms with Crippen molar-refractivity contribution < 1.29 is 13.5 Å². The van der Waals surface area contributed by atoms with Crippen molar-refractivity contribution in [3.63, 3.8) is 0 Å². The van der Waals surface area contributed by atoms with Crippen LogP contribution in [-0.2, 0) is 10.0 Å². The van der Waals surface area contributed by atoms with E-state index in [1.807, 2.05) is 38.1 Å². The Hall–Kier alpha value is -1.43. The molecule has 114 valence electrons. The molecule has 2 N–H and O–H groups in total. The molecule has 0 bridgehead atoms. The van der Waals surface area contributed by atoms with Gasteiger partial charge in [-0.05, 0) is 24.3 Å². The second-order valence-electron chi connectivity index (χ2n) is 5.81. The van der Waals surface area contributed by atoms with Crippen molar-refractivity contribution >= 4 is 20.8 Å². The Labute approximate surface area is 125 Å². The number of aliphatic hydroxyl groups is 1. The summed E-state index contributed by atoms with van der Waals surface area (Å²) in [5.41, 5.74) is -1.09. The first kappa shape index (κ1) is 15.9. The number of rotatable bonds is 5. The van der Waals surface area contributed by atoms with Crippen LogP contribution in [0, 0.1) is 5.92 Å². The minimum atomic E-state index is -3.66. The molecule has 0 aliphatic rings. The van der Waals surface area contributed by atoms with Crippen LogP contribution in [0.1, 0.15) is 20.8 Å². The lowest BCUT2D eigenvalue weighted by atomic mass is 9.93. The first-order chi connectivity index (χ1) is 9.74. The highest BCUT2D eigenvalue weighted by atomic mass is 32.2. The summed E-state index contributed by atoms with van der Waals surface area (Å²) in [6, 6.07) is 12.5. The van der Waals surface area contributed by atoms with Crippen molar-refractivity contribution in [1.29, 1.82) is 0 Å². The van der Waals surface area contributed by atoms with E-state index in [4.69, 9.17) is 0 Å². The molecule has 1 unspecified atom stereocenters. The summed E-state index contributed by atoms with van der Waals surface area (Å²) < 4.78 is 27.5. The third kappa shape index (κ3) is 3.43. The van der Waals surface area contributed by atoms with Crippen molar-refractivity contribution in [2.24, 2.45) is 5.92 Å². The number of benzene rings is 2. The highest BCUT2D eigenvalue weighted by Crippen LogP contribution is 2.23. The van der Waals surface area contributed by atoms with Crippen LogP contribution < -0.4 is 4.72 Å². The first-order valence-electron chi connectivity index (χ1n) is 6.94. The Kier molecular flexibility index (Phi) is 4.37. The molecule has 2 aromatic carbocycles. The molecule has 0 spiro atoms. The molecule has 0 saturated carbocycles. The predicted octanol–water partition coefficient (Wildman–Crippen LogP) is 2.53. The van der Waals surface area contributed by atoms with Crippen molar-refractivity contribution in [1.82, 2.24) is 4.72 Å². The molecule has 0 fully saturated rings. The van der Waals surface area contributed by atoms with Crippen molar-refractivity contribution in [3.05, 3.63) is 42.5 Å². The van der Waals surface area contributed by atoms with Gasteiger partial charge in [0.2, 0.25) is 10.0 Å².